The molecule has 3 N–H and O–H groups in total. The lowest BCUT2D eigenvalue weighted by molar-refractivity contribution is 0.180. The zero-order valence-corrected chi connectivity index (χ0v) is 8.23. The summed E-state index contributed by atoms with van der Waals surface area (Å²) in [5, 5.41) is 0.496. The third-order valence-corrected chi connectivity index (χ3v) is 3.61. The van der Waals surface area contributed by atoms with Crippen molar-refractivity contribution in [1.29, 1.82) is 0 Å². The Labute approximate surface area is 76.8 Å². The predicted molar refractivity (Wildman–Crippen MR) is 50.8 cm³/mol. The number of thioether (sulfide) groups is 1. The molecule has 1 aliphatic rings. The van der Waals surface area contributed by atoms with Gasteiger partial charge in [0.2, 0.25) is 0 Å². The van der Waals surface area contributed by atoms with Crippen LogP contribution in [-0.4, -0.2) is 34.5 Å². The number of hydrogen-bond acceptors (Lipinski definition) is 3. The second-order valence-electron chi connectivity index (χ2n) is 2.96. The molecule has 12 heavy (non-hydrogen) atoms. The lowest BCUT2D eigenvalue weighted by Crippen LogP contribution is -2.53. The van der Waals surface area contributed by atoms with Crippen LogP contribution in [0.25, 0.3) is 0 Å². The van der Waals surface area contributed by atoms with Gasteiger partial charge in [0.05, 0.1) is 0 Å². The number of carbonyl (C=O) groups excluding carboxylic acids is 1. The standard InChI is InChI=1S/C7H15N3OS/c1-5-6(2)12-4-3-10(5)7(11)9-8/h5-6H,3-4,8H2,1-2H3,(H,9,11). The molecule has 0 radical (unpaired) electrons. The van der Waals surface area contributed by atoms with Gasteiger partial charge in [0, 0.05) is 23.6 Å². The fourth-order valence-corrected chi connectivity index (χ4v) is 2.40. The normalized spacial score (nSPS) is 30.1. The molecule has 0 bridgehead atoms. The van der Waals surface area contributed by atoms with Gasteiger partial charge < -0.3 is 4.90 Å². The smallest absolute Gasteiger partial charge is 0.319 e. The average Bonchev–Trinajstić information content (AvgIpc) is 2.08. The summed E-state index contributed by atoms with van der Waals surface area (Å²) in [6, 6.07) is 0.0990. The van der Waals surface area contributed by atoms with E-state index in [9.17, 15) is 4.79 Å². The summed E-state index contributed by atoms with van der Waals surface area (Å²) in [5.74, 6) is 6.06. The van der Waals surface area contributed by atoms with E-state index < -0.39 is 0 Å². The Morgan fingerprint density at radius 1 is 1.67 bits per heavy atom. The van der Waals surface area contributed by atoms with Gasteiger partial charge >= 0.3 is 6.03 Å². The van der Waals surface area contributed by atoms with E-state index in [1.54, 1.807) is 4.90 Å². The molecule has 5 heteroatoms. The van der Waals surface area contributed by atoms with E-state index in [4.69, 9.17) is 5.84 Å². The quantitative estimate of drug-likeness (QED) is 0.329. The van der Waals surface area contributed by atoms with Crippen molar-refractivity contribution in [3.63, 3.8) is 0 Å². The third kappa shape index (κ3) is 1.84. The molecule has 1 rings (SSSR count). The molecule has 70 valence electrons. The van der Waals surface area contributed by atoms with E-state index in [1.807, 2.05) is 18.7 Å². The minimum atomic E-state index is -0.172. The van der Waals surface area contributed by atoms with Gasteiger partial charge in [-0.1, -0.05) is 6.92 Å². The molecule has 0 saturated carbocycles. The molecular formula is C7H15N3OS. The van der Waals surface area contributed by atoms with Crippen LogP contribution in [0.4, 0.5) is 4.79 Å². The Kier molecular flexibility index (Phi) is 3.22. The number of rotatable bonds is 0. The van der Waals surface area contributed by atoms with Crippen molar-refractivity contribution < 1.29 is 4.79 Å². The lowest BCUT2D eigenvalue weighted by Gasteiger charge is -2.36. The number of hydrogen-bond donors (Lipinski definition) is 2. The van der Waals surface area contributed by atoms with Crippen LogP contribution in [0, 0.1) is 0 Å². The zero-order chi connectivity index (χ0) is 9.14. The highest BCUT2D eigenvalue weighted by Crippen LogP contribution is 2.23. The lowest BCUT2D eigenvalue weighted by atomic mass is 10.2. The Hall–Kier alpha value is -0.420. The van der Waals surface area contributed by atoms with Crippen molar-refractivity contribution in [1.82, 2.24) is 10.3 Å². The molecule has 0 spiro atoms. The first-order valence-corrected chi connectivity index (χ1v) is 5.10. The van der Waals surface area contributed by atoms with Crippen molar-refractivity contribution >= 4 is 17.8 Å². The molecule has 0 aromatic heterocycles. The van der Waals surface area contributed by atoms with Gasteiger partial charge in [-0.3, -0.25) is 5.43 Å². The molecule has 2 amide bonds. The first-order valence-electron chi connectivity index (χ1n) is 4.05. The van der Waals surface area contributed by atoms with Gasteiger partial charge in [-0.15, -0.1) is 0 Å². The second kappa shape index (κ2) is 4.00. The maximum absolute atomic E-state index is 11.2. The van der Waals surface area contributed by atoms with Crippen LogP contribution in [0.5, 0.6) is 0 Å². The van der Waals surface area contributed by atoms with E-state index >= 15 is 0 Å². The molecule has 2 atom stereocenters. The van der Waals surface area contributed by atoms with E-state index in [-0.39, 0.29) is 12.1 Å². The highest BCUT2D eigenvalue weighted by atomic mass is 32.2. The molecular weight excluding hydrogens is 174 g/mol. The van der Waals surface area contributed by atoms with E-state index in [0.717, 1.165) is 12.3 Å². The molecule has 1 aliphatic heterocycles. The van der Waals surface area contributed by atoms with Crippen LogP contribution < -0.4 is 11.3 Å². The topological polar surface area (TPSA) is 58.4 Å². The van der Waals surface area contributed by atoms with Crippen LogP contribution in [0.1, 0.15) is 13.8 Å². The molecule has 1 heterocycles. The predicted octanol–water partition coefficient (Wildman–Crippen LogP) is 0.395. The summed E-state index contributed by atoms with van der Waals surface area (Å²) in [5.41, 5.74) is 2.16. The highest BCUT2D eigenvalue weighted by molar-refractivity contribution is 8.00. The van der Waals surface area contributed by atoms with Crippen molar-refractivity contribution in [2.75, 3.05) is 12.3 Å². The van der Waals surface area contributed by atoms with Crippen molar-refractivity contribution in [3.8, 4) is 0 Å². The zero-order valence-electron chi connectivity index (χ0n) is 7.41. The fourth-order valence-electron chi connectivity index (χ4n) is 1.30. The Balaban J connectivity index is 2.57. The van der Waals surface area contributed by atoms with Crippen molar-refractivity contribution in [3.05, 3.63) is 0 Å². The Bertz CT molecular complexity index is 176. The average molecular weight is 189 g/mol. The maximum atomic E-state index is 11.2. The van der Waals surface area contributed by atoms with Crippen LogP contribution >= 0.6 is 11.8 Å². The van der Waals surface area contributed by atoms with Crippen molar-refractivity contribution in [2.45, 2.75) is 25.1 Å². The Morgan fingerprint density at radius 2 is 2.33 bits per heavy atom. The van der Waals surface area contributed by atoms with Gasteiger partial charge in [0.25, 0.3) is 0 Å². The molecule has 4 nitrogen and oxygen atoms in total. The minimum absolute atomic E-state index is 0.172. The van der Waals surface area contributed by atoms with Crippen LogP contribution in [0.3, 0.4) is 0 Å². The summed E-state index contributed by atoms with van der Waals surface area (Å²) >= 11 is 1.90. The van der Waals surface area contributed by atoms with Gasteiger partial charge in [-0.2, -0.15) is 11.8 Å². The number of nitrogens with zero attached hydrogens (tertiary/aromatic N) is 1. The van der Waals surface area contributed by atoms with Crippen LogP contribution in [0.15, 0.2) is 0 Å². The van der Waals surface area contributed by atoms with Crippen LogP contribution in [-0.2, 0) is 0 Å². The van der Waals surface area contributed by atoms with E-state index in [0.29, 0.717) is 5.25 Å². The Morgan fingerprint density at radius 3 is 2.92 bits per heavy atom. The minimum Gasteiger partial charge on any atom is -0.319 e. The molecule has 0 aromatic carbocycles. The molecule has 0 aromatic rings. The number of urea groups is 1. The fraction of sp³-hybridized carbons (Fsp3) is 0.857. The van der Waals surface area contributed by atoms with Crippen LogP contribution in [0.2, 0.25) is 0 Å². The second-order valence-corrected chi connectivity index (χ2v) is 4.44. The maximum Gasteiger partial charge on any atom is 0.331 e. The number of nitrogens with one attached hydrogen (secondary N) is 1. The molecule has 1 fully saturated rings. The summed E-state index contributed by atoms with van der Waals surface area (Å²) in [6.07, 6.45) is 0. The summed E-state index contributed by atoms with van der Waals surface area (Å²) in [7, 11) is 0. The molecule has 1 saturated heterocycles. The number of amides is 2. The number of nitrogens with two attached hydrogens (primary N) is 1. The van der Waals surface area contributed by atoms with E-state index in [2.05, 4.69) is 12.3 Å². The first kappa shape index (κ1) is 9.67. The summed E-state index contributed by atoms with van der Waals surface area (Å²) in [4.78, 5) is 13.0. The summed E-state index contributed by atoms with van der Waals surface area (Å²) in [6.45, 7) is 4.97. The van der Waals surface area contributed by atoms with Gasteiger partial charge in [0.1, 0.15) is 0 Å². The largest absolute Gasteiger partial charge is 0.331 e. The summed E-state index contributed by atoms with van der Waals surface area (Å²) < 4.78 is 0. The van der Waals surface area contributed by atoms with Gasteiger partial charge in [-0.25, -0.2) is 10.6 Å². The van der Waals surface area contributed by atoms with Gasteiger partial charge in [0.15, 0.2) is 0 Å². The van der Waals surface area contributed by atoms with E-state index in [1.165, 1.54) is 0 Å². The third-order valence-electron chi connectivity index (χ3n) is 2.27. The highest BCUT2D eigenvalue weighted by Gasteiger charge is 2.28. The van der Waals surface area contributed by atoms with Gasteiger partial charge in [-0.05, 0) is 6.92 Å². The number of carbonyl (C=O) groups is 1. The molecule has 2 unspecified atom stereocenters. The number of hydrazine groups is 1. The first-order chi connectivity index (χ1) is 5.66. The SMILES string of the molecule is CC1SCCN(C(=O)NN)C1C. The molecule has 0 aliphatic carbocycles. The monoisotopic (exact) mass is 189 g/mol. The van der Waals surface area contributed by atoms with Crippen molar-refractivity contribution in [2.24, 2.45) is 5.84 Å².